The first-order valence-electron chi connectivity index (χ1n) is 7.15. The predicted molar refractivity (Wildman–Crippen MR) is 78.4 cm³/mol. The molecule has 4 heteroatoms. The summed E-state index contributed by atoms with van der Waals surface area (Å²) in [7, 11) is 0. The van der Waals surface area contributed by atoms with Crippen LogP contribution in [0.25, 0.3) is 0 Å². The molecular weight excluding hydrogens is 238 g/mol. The van der Waals surface area contributed by atoms with Gasteiger partial charge in [-0.2, -0.15) is 0 Å². The third-order valence-corrected chi connectivity index (χ3v) is 3.67. The molecule has 0 saturated carbocycles. The summed E-state index contributed by atoms with van der Waals surface area (Å²) in [6.45, 7) is 9.49. The number of anilines is 1. The number of hydrogen-bond donors (Lipinski definition) is 2. The summed E-state index contributed by atoms with van der Waals surface area (Å²) in [5.41, 5.74) is 2.45. The molecule has 19 heavy (non-hydrogen) atoms. The highest BCUT2D eigenvalue weighted by Gasteiger charge is 2.23. The molecule has 1 aliphatic heterocycles. The summed E-state index contributed by atoms with van der Waals surface area (Å²) in [5, 5.41) is 12.6. The van der Waals surface area contributed by atoms with Crippen LogP contribution >= 0.6 is 0 Å². The maximum Gasteiger partial charge on any atom is 0.131 e. The molecule has 0 aromatic carbocycles. The van der Waals surface area contributed by atoms with Gasteiger partial charge in [0, 0.05) is 44.4 Å². The fraction of sp³-hybridized carbons (Fsp3) is 0.667. The van der Waals surface area contributed by atoms with Crippen LogP contribution in [0, 0.1) is 12.8 Å². The lowest BCUT2D eigenvalue weighted by Crippen LogP contribution is -2.24. The Hall–Kier alpha value is -1.13. The van der Waals surface area contributed by atoms with Crippen LogP contribution in [0.4, 0.5) is 5.82 Å². The van der Waals surface area contributed by atoms with Gasteiger partial charge in [0.1, 0.15) is 5.82 Å². The van der Waals surface area contributed by atoms with Crippen LogP contribution in [0.15, 0.2) is 12.3 Å². The topological polar surface area (TPSA) is 48.4 Å². The van der Waals surface area contributed by atoms with Gasteiger partial charge in [0.15, 0.2) is 0 Å². The van der Waals surface area contributed by atoms with Crippen molar-refractivity contribution in [2.24, 2.45) is 5.92 Å². The van der Waals surface area contributed by atoms with Gasteiger partial charge in [0.05, 0.1) is 0 Å². The SMILES string of the molecule is Cc1cc(CNC(C)C)cnc1N1CCC(CO)C1. The third kappa shape index (κ3) is 3.67. The van der Waals surface area contributed by atoms with Gasteiger partial charge in [-0.1, -0.05) is 13.8 Å². The van der Waals surface area contributed by atoms with Crippen molar-refractivity contribution >= 4 is 5.82 Å². The molecule has 1 aromatic rings. The summed E-state index contributed by atoms with van der Waals surface area (Å²) in [6.07, 6.45) is 3.03. The fourth-order valence-electron chi connectivity index (χ4n) is 2.55. The first kappa shape index (κ1) is 14.3. The highest BCUT2D eigenvalue weighted by molar-refractivity contribution is 5.48. The number of nitrogens with one attached hydrogen (secondary N) is 1. The molecule has 2 N–H and O–H groups in total. The van der Waals surface area contributed by atoms with E-state index in [1.165, 1.54) is 11.1 Å². The van der Waals surface area contributed by atoms with Gasteiger partial charge in [-0.05, 0) is 30.5 Å². The average Bonchev–Trinajstić information content (AvgIpc) is 2.85. The highest BCUT2D eigenvalue weighted by Crippen LogP contribution is 2.25. The van der Waals surface area contributed by atoms with Crippen molar-refractivity contribution < 1.29 is 5.11 Å². The summed E-state index contributed by atoms with van der Waals surface area (Å²) in [5.74, 6) is 1.48. The average molecular weight is 263 g/mol. The Morgan fingerprint density at radius 2 is 2.32 bits per heavy atom. The highest BCUT2D eigenvalue weighted by atomic mass is 16.3. The number of rotatable bonds is 5. The van der Waals surface area contributed by atoms with E-state index in [1.807, 2.05) is 6.20 Å². The fourth-order valence-corrected chi connectivity index (χ4v) is 2.55. The smallest absolute Gasteiger partial charge is 0.131 e. The molecule has 1 saturated heterocycles. The third-order valence-electron chi connectivity index (χ3n) is 3.67. The van der Waals surface area contributed by atoms with Gasteiger partial charge < -0.3 is 15.3 Å². The van der Waals surface area contributed by atoms with Crippen molar-refractivity contribution in [3.8, 4) is 0 Å². The van der Waals surface area contributed by atoms with Crippen LogP contribution < -0.4 is 10.2 Å². The minimum absolute atomic E-state index is 0.284. The van der Waals surface area contributed by atoms with Gasteiger partial charge in [0.25, 0.3) is 0 Å². The van der Waals surface area contributed by atoms with E-state index in [9.17, 15) is 5.11 Å². The second kappa shape index (κ2) is 6.35. The van der Waals surface area contributed by atoms with E-state index in [2.05, 4.69) is 42.0 Å². The molecule has 1 unspecified atom stereocenters. The Balaban J connectivity index is 2.03. The van der Waals surface area contributed by atoms with Crippen molar-refractivity contribution in [2.75, 3.05) is 24.6 Å². The van der Waals surface area contributed by atoms with E-state index in [4.69, 9.17) is 0 Å². The molecule has 1 fully saturated rings. The molecule has 0 bridgehead atoms. The number of aryl methyl sites for hydroxylation is 1. The zero-order valence-corrected chi connectivity index (χ0v) is 12.2. The number of aromatic nitrogens is 1. The Morgan fingerprint density at radius 3 is 2.89 bits per heavy atom. The normalized spacial score (nSPS) is 19.4. The van der Waals surface area contributed by atoms with E-state index in [1.54, 1.807) is 0 Å². The van der Waals surface area contributed by atoms with Gasteiger partial charge in [0.2, 0.25) is 0 Å². The number of nitrogens with zero attached hydrogens (tertiary/aromatic N) is 2. The van der Waals surface area contributed by atoms with Crippen LogP contribution in [0.1, 0.15) is 31.4 Å². The number of aliphatic hydroxyl groups excluding tert-OH is 1. The number of hydrogen-bond acceptors (Lipinski definition) is 4. The summed E-state index contributed by atoms with van der Waals surface area (Å²) >= 11 is 0. The Kier molecular flexibility index (Phi) is 4.77. The van der Waals surface area contributed by atoms with Crippen molar-refractivity contribution in [1.29, 1.82) is 0 Å². The summed E-state index contributed by atoms with van der Waals surface area (Å²) < 4.78 is 0. The molecule has 4 nitrogen and oxygen atoms in total. The van der Waals surface area contributed by atoms with Gasteiger partial charge in [-0.3, -0.25) is 0 Å². The van der Waals surface area contributed by atoms with E-state index in [-0.39, 0.29) is 6.61 Å². The molecular formula is C15H25N3O. The summed E-state index contributed by atoms with van der Waals surface area (Å²) in [6, 6.07) is 2.70. The second-order valence-electron chi connectivity index (χ2n) is 5.80. The molecule has 0 radical (unpaired) electrons. The Morgan fingerprint density at radius 1 is 1.53 bits per heavy atom. The van der Waals surface area contributed by atoms with Gasteiger partial charge in [-0.15, -0.1) is 0 Å². The maximum atomic E-state index is 9.21. The van der Waals surface area contributed by atoms with E-state index in [0.717, 1.165) is 31.9 Å². The van der Waals surface area contributed by atoms with Crippen molar-refractivity contribution in [2.45, 2.75) is 39.8 Å². The van der Waals surface area contributed by atoms with E-state index < -0.39 is 0 Å². The number of aliphatic hydroxyl groups is 1. The van der Waals surface area contributed by atoms with Crippen molar-refractivity contribution in [3.63, 3.8) is 0 Å². The van der Waals surface area contributed by atoms with Gasteiger partial charge in [-0.25, -0.2) is 4.98 Å². The molecule has 0 aliphatic carbocycles. The van der Waals surface area contributed by atoms with Crippen LogP contribution in [-0.2, 0) is 6.54 Å². The van der Waals surface area contributed by atoms with Crippen LogP contribution in [0.3, 0.4) is 0 Å². The van der Waals surface area contributed by atoms with Crippen molar-refractivity contribution in [1.82, 2.24) is 10.3 Å². The lowest BCUT2D eigenvalue weighted by atomic mass is 10.1. The molecule has 1 aliphatic rings. The zero-order valence-electron chi connectivity index (χ0n) is 12.2. The van der Waals surface area contributed by atoms with Crippen molar-refractivity contribution in [3.05, 3.63) is 23.4 Å². The standard InChI is InChI=1S/C15H25N3O/c1-11(2)16-7-14-6-12(3)15(17-8-14)18-5-4-13(9-18)10-19/h6,8,11,13,16,19H,4-5,7,9-10H2,1-3H3. The monoisotopic (exact) mass is 263 g/mol. The lowest BCUT2D eigenvalue weighted by molar-refractivity contribution is 0.238. The van der Waals surface area contributed by atoms with Gasteiger partial charge >= 0.3 is 0 Å². The zero-order chi connectivity index (χ0) is 13.8. The first-order valence-corrected chi connectivity index (χ1v) is 7.15. The molecule has 2 rings (SSSR count). The largest absolute Gasteiger partial charge is 0.396 e. The summed E-state index contributed by atoms with van der Waals surface area (Å²) in [4.78, 5) is 6.90. The Bertz CT molecular complexity index is 420. The molecule has 1 aromatic heterocycles. The van der Waals surface area contributed by atoms with E-state index in [0.29, 0.717) is 12.0 Å². The number of pyridine rings is 1. The first-order chi connectivity index (χ1) is 9.10. The Labute approximate surface area is 115 Å². The van der Waals surface area contributed by atoms with Crippen LogP contribution in [0.5, 0.6) is 0 Å². The molecule has 0 spiro atoms. The second-order valence-corrected chi connectivity index (χ2v) is 5.80. The van der Waals surface area contributed by atoms with E-state index >= 15 is 0 Å². The molecule has 106 valence electrons. The van der Waals surface area contributed by atoms with Crippen LogP contribution in [-0.4, -0.2) is 35.8 Å². The lowest BCUT2D eigenvalue weighted by Gasteiger charge is -2.20. The maximum absolute atomic E-state index is 9.21. The minimum Gasteiger partial charge on any atom is -0.396 e. The molecule has 0 amide bonds. The molecule has 2 heterocycles. The van der Waals surface area contributed by atoms with Crippen LogP contribution in [0.2, 0.25) is 0 Å². The predicted octanol–water partition coefficient (Wildman–Crippen LogP) is 1.71. The quantitative estimate of drug-likeness (QED) is 0.849. The minimum atomic E-state index is 0.284. The molecule has 1 atom stereocenters.